The number of benzene rings is 1. The highest BCUT2D eigenvalue weighted by Crippen LogP contribution is 2.28. The normalized spacial score (nSPS) is 12.8. The SMILES string of the molecule is Cc1ccc(C(N)c2ccc(C)s2)c(F)c1. The summed E-state index contributed by atoms with van der Waals surface area (Å²) >= 11 is 1.61. The predicted molar refractivity (Wildman–Crippen MR) is 66.2 cm³/mol. The molecule has 0 fully saturated rings. The molecule has 1 aromatic carbocycles. The topological polar surface area (TPSA) is 26.0 Å². The summed E-state index contributed by atoms with van der Waals surface area (Å²) in [6, 6.07) is 8.79. The van der Waals surface area contributed by atoms with E-state index in [0.29, 0.717) is 5.56 Å². The summed E-state index contributed by atoms with van der Waals surface area (Å²) in [4.78, 5) is 2.19. The van der Waals surface area contributed by atoms with Crippen LogP contribution in [0.1, 0.15) is 26.9 Å². The van der Waals surface area contributed by atoms with Crippen LogP contribution in [0.2, 0.25) is 0 Å². The fraction of sp³-hybridized carbons (Fsp3) is 0.231. The van der Waals surface area contributed by atoms with Crippen LogP contribution in [-0.2, 0) is 0 Å². The molecular formula is C13H14FNS. The molecule has 0 saturated heterocycles. The molecule has 1 unspecified atom stereocenters. The Balaban J connectivity index is 2.37. The summed E-state index contributed by atoms with van der Waals surface area (Å²) < 4.78 is 13.7. The number of nitrogens with two attached hydrogens (primary N) is 1. The molecule has 0 aliphatic rings. The van der Waals surface area contributed by atoms with Crippen LogP contribution >= 0.6 is 11.3 Å². The predicted octanol–water partition coefficient (Wildman–Crippen LogP) is 3.55. The van der Waals surface area contributed by atoms with Crippen LogP contribution in [0, 0.1) is 19.7 Å². The van der Waals surface area contributed by atoms with E-state index in [4.69, 9.17) is 5.73 Å². The average Bonchev–Trinajstić information content (AvgIpc) is 2.64. The molecule has 0 aliphatic heterocycles. The molecule has 1 nitrogen and oxygen atoms in total. The molecule has 0 aliphatic carbocycles. The molecule has 3 heteroatoms. The van der Waals surface area contributed by atoms with E-state index in [-0.39, 0.29) is 11.9 Å². The minimum absolute atomic E-state index is 0.224. The van der Waals surface area contributed by atoms with Gasteiger partial charge in [0.05, 0.1) is 6.04 Å². The lowest BCUT2D eigenvalue weighted by molar-refractivity contribution is 0.600. The first-order chi connectivity index (χ1) is 7.58. The molecule has 1 atom stereocenters. The Kier molecular flexibility index (Phi) is 3.08. The summed E-state index contributed by atoms with van der Waals surface area (Å²) in [6.07, 6.45) is 0. The van der Waals surface area contributed by atoms with Crippen molar-refractivity contribution in [3.8, 4) is 0 Å². The van der Waals surface area contributed by atoms with Crippen molar-refractivity contribution < 1.29 is 4.39 Å². The zero-order chi connectivity index (χ0) is 11.7. The van der Waals surface area contributed by atoms with Crippen molar-refractivity contribution in [2.45, 2.75) is 19.9 Å². The van der Waals surface area contributed by atoms with Gasteiger partial charge in [0.1, 0.15) is 5.82 Å². The van der Waals surface area contributed by atoms with E-state index in [1.807, 2.05) is 32.0 Å². The van der Waals surface area contributed by atoms with E-state index in [0.717, 1.165) is 10.4 Å². The zero-order valence-corrected chi connectivity index (χ0v) is 10.1. The number of hydrogen-bond donors (Lipinski definition) is 1. The maximum atomic E-state index is 13.7. The smallest absolute Gasteiger partial charge is 0.128 e. The molecule has 2 rings (SSSR count). The lowest BCUT2D eigenvalue weighted by atomic mass is 10.0. The largest absolute Gasteiger partial charge is 0.320 e. The Labute approximate surface area is 98.7 Å². The first-order valence-corrected chi connectivity index (χ1v) is 5.97. The summed E-state index contributed by atoms with van der Waals surface area (Å²) in [5, 5.41) is 0. The molecule has 0 bridgehead atoms. The van der Waals surface area contributed by atoms with Gasteiger partial charge in [-0.3, -0.25) is 0 Å². The van der Waals surface area contributed by atoms with E-state index in [2.05, 4.69) is 0 Å². The first-order valence-electron chi connectivity index (χ1n) is 5.16. The standard InChI is InChI=1S/C13H14FNS/c1-8-3-5-10(11(14)7-8)13(15)12-6-4-9(2)16-12/h3-7,13H,15H2,1-2H3. The second-order valence-electron chi connectivity index (χ2n) is 3.95. The fourth-order valence-electron chi connectivity index (χ4n) is 1.66. The monoisotopic (exact) mass is 235 g/mol. The van der Waals surface area contributed by atoms with Crippen LogP contribution in [0.5, 0.6) is 0 Å². The second kappa shape index (κ2) is 4.36. The van der Waals surface area contributed by atoms with E-state index in [9.17, 15) is 4.39 Å². The second-order valence-corrected chi connectivity index (χ2v) is 5.27. The first kappa shape index (κ1) is 11.3. The van der Waals surface area contributed by atoms with Crippen LogP contribution in [0.15, 0.2) is 30.3 Å². The molecule has 84 valence electrons. The van der Waals surface area contributed by atoms with Gasteiger partial charge in [-0.2, -0.15) is 0 Å². The van der Waals surface area contributed by atoms with E-state index < -0.39 is 0 Å². The average molecular weight is 235 g/mol. The number of thiophene rings is 1. The van der Waals surface area contributed by atoms with Gasteiger partial charge in [0.25, 0.3) is 0 Å². The maximum Gasteiger partial charge on any atom is 0.128 e. The summed E-state index contributed by atoms with van der Waals surface area (Å²) in [6.45, 7) is 3.89. The number of aryl methyl sites for hydroxylation is 2. The fourth-order valence-corrected chi connectivity index (χ4v) is 2.56. The van der Waals surface area contributed by atoms with Gasteiger partial charge >= 0.3 is 0 Å². The third kappa shape index (κ3) is 2.15. The van der Waals surface area contributed by atoms with E-state index >= 15 is 0 Å². The van der Waals surface area contributed by atoms with Crippen molar-refractivity contribution >= 4 is 11.3 Å². The van der Waals surface area contributed by atoms with Crippen molar-refractivity contribution in [2.75, 3.05) is 0 Å². The Morgan fingerprint density at radius 1 is 1.19 bits per heavy atom. The molecule has 1 heterocycles. The Morgan fingerprint density at radius 3 is 2.50 bits per heavy atom. The zero-order valence-electron chi connectivity index (χ0n) is 9.33. The third-order valence-electron chi connectivity index (χ3n) is 2.56. The van der Waals surface area contributed by atoms with Gasteiger partial charge in [-0.25, -0.2) is 4.39 Å². The Hall–Kier alpha value is -1.19. The van der Waals surface area contributed by atoms with Crippen LogP contribution < -0.4 is 5.73 Å². The molecule has 16 heavy (non-hydrogen) atoms. The summed E-state index contributed by atoms with van der Waals surface area (Å²) in [5.74, 6) is -0.224. The summed E-state index contributed by atoms with van der Waals surface area (Å²) in [7, 11) is 0. The Bertz CT molecular complexity index is 504. The highest BCUT2D eigenvalue weighted by Gasteiger charge is 2.14. The van der Waals surface area contributed by atoms with Crippen molar-refractivity contribution in [1.82, 2.24) is 0 Å². The maximum absolute atomic E-state index is 13.7. The minimum Gasteiger partial charge on any atom is -0.320 e. The molecule has 0 amide bonds. The van der Waals surface area contributed by atoms with Gasteiger partial charge in [-0.1, -0.05) is 12.1 Å². The third-order valence-corrected chi connectivity index (χ3v) is 3.64. The van der Waals surface area contributed by atoms with Gasteiger partial charge in [0.15, 0.2) is 0 Å². The van der Waals surface area contributed by atoms with Crippen molar-refractivity contribution in [3.63, 3.8) is 0 Å². The Morgan fingerprint density at radius 2 is 1.94 bits per heavy atom. The van der Waals surface area contributed by atoms with Crippen LogP contribution in [-0.4, -0.2) is 0 Å². The highest BCUT2D eigenvalue weighted by molar-refractivity contribution is 7.12. The minimum atomic E-state index is -0.362. The lowest BCUT2D eigenvalue weighted by Gasteiger charge is -2.11. The van der Waals surface area contributed by atoms with Gasteiger partial charge < -0.3 is 5.73 Å². The van der Waals surface area contributed by atoms with Crippen molar-refractivity contribution in [3.05, 3.63) is 57.0 Å². The highest BCUT2D eigenvalue weighted by atomic mass is 32.1. The molecule has 2 N–H and O–H groups in total. The molecule has 1 aromatic heterocycles. The number of hydrogen-bond acceptors (Lipinski definition) is 2. The molecule has 0 saturated carbocycles. The number of halogens is 1. The quantitative estimate of drug-likeness (QED) is 0.846. The lowest BCUT2D eigenvalue weighted by Crippen LogP contribution is -2.12. The van der Waals surface area contributed by atoms with Gasteiger partial charge in [-0.15, -0.1) is 11.3 Å². The molecular weight excluding hydrogens is 221 g/mol. The van der Waals surface area contributed by atoms with Crippen LogP contribution in [0.3, 0.4) is 0 Å². The van der Waals surface area contributed by atoms with E-state index in [1.165, 1.54) is 10.9 Å². The molecule has 2 aromatic rings. The van der Waals surface area contributed by atoms with Gasteiger partial charge in [0, 0.05) is 15.3 Å². The van der Waals surface area contributed by atoms with Crippen LogP contribution in [0.25, 0.3) is 0 Å². The van der Waals surface area contributed by atoms with Crippen molar-refractivity contribution in [1.29, 1.82) is 0 Å². The van der Waals surface area contributed by atoms with Crippen LogP contribution in [0.4, 0.5) is 4.39 Å². The van der Waals surface area contributed by atoms with Gasteiger partial charge in [-0.05, 0) is 37.6 Å². The van der Waals surface area contributed by atoms with Crippen molar-refractivity contribution in [2.24, 2.45) is 5.73 Å². The molecule has 0 radical (unpaired) electrons. The molecule has 0 spiro atoms. The summed E-state index contributed by atoms with van der Waals surface area (Å²) in [5.41, 5.74) is 7.53. The van der Waals surface area contributed by atoms with E-state index in [1.54, 1.807) is 17.4 Å². The van der Waals surface area contributed by atoms with Gasteiger partial charge in [0.2, 0.25) is 0 Å². The number of rotatable bonds is 2.